The number of esters is 1. The van der Waals surface area contributed by atoms with Crippen molar-refractivity contribution in [2.45, 2.75) is 46.1 Å². The van der Waals surface area contributed by atoms with Gasteiger partial charge in [-0.1, -0.05) is 63.2 Å². The van der Waals surface area contributed by atoms with Gasteiger partial charge in [-0.05, 0) is 30.5 Å². The molecule has 0 radical (unpaired) electrons. The van der Waals surface area contributed by atoms with Crippen molar-refractivity contribution >= 4 is 16.7 Å². The molecule has 0 saturated carbocycles. The van der Waals surface area contributed by atoms with Crippen LogP contribution in [0.5, 0.6) is 0 Å². The van der Waals surface area contributed by atoms with Crippen molar-refractivity contribution in [3.8, 4) is 0 Å². The van der Waals surface area contributed by atoms with E-state index in [4.69, 9.17) is 4.74 Å². The standard InChI is InChI=1S/C19H24O2/c1-5-14(3)18(20)21-19(4,6-2)17-13-9-11-15-10-7-8-12-16(15)17/h7-14H,5-6H2,1-4H3. The SMILES string of the molecule is CCC(C)C(=O)OC(C)(CC)c1cccc2ccccc12. The van der Waals surface area contributed by atoms with Gasteiger partial charge in [0.05, 0.1) is 5.92 Å². The van der Waals surface area contributed by atoms with Crippen molar-refractivity contribution in [1.82, 2.24) is 0 Å². The van der Waals surface area contributed by atoms with E-state index < -0.39 is 5.60 Å². The fraction of sp³-hybridized carbons (Fsp3) is 0.421. The van der Waals surface area contributed by atoms with Crippen LogP contribution in [-0.4, -0.2) is 5.97 Å². The number of hydrogen-bond donors (Lipinski definition) is 0. The zero-order valence-corrected chi connectivity index (χ0v) is 13.3. The van der Waals surface area contributed by atoms with Crippen molar-refractivity contribution in [3.63, 3.8) is 0 Å². The first-order valence-corrected chi connectivity index (χ1v) is 7.73. The van der Waals surface area contributed by atoms with E-state index in [1.54, 1.807) is 0 Å². The average molecular weight is 284 g/mol. The normalized spacial score (nSPS) is 15.4. The largest absolute Gasteiger partial charge is 0.454 e. The Hall–Kier alpha value is -1.83. The molecule has 2 unspecified atom stereocenters. The second kappa shape index (κ2) is 6.30. The van der Waals surface area contributed by atoms with E-state index in [-0.39, 0.29) is 11.9 Å². The summed E-state index contributed by atoms with van der Waals surface area (Å²) in [5.41, 5.74) is 0.501. The average Bonchev–Trinajstić information content (AvgIpc) is 2.53. The molecule has 0 amide bonds. The van der Waals surface area contributed by atoms with Crippen LogP contribution < -0.4 is 0 Å². The molecule has 21 heavy (non-hydrogen) atoms. The number of hydrogen-bond acceptors (Lipinski definition) is 2. The molecule has 2 aromatic rings. The Bertz CT molecular complexity index is 627. The molecule has 0 spiro atoms. The molecule has 0 aliphatic carbocycles. The molecule has 0 aromatic heterocycles. The molecule has 0 aliphatic heterocycles. The Labute approximate surface area is 127 Å². The Morgan fingerprint density at radius 2 is 1.81 bits per heavy atom. The van der Waals surface area contributed by atoms with Gasteiger partial charge in [0.25, 0.3) is 0 Å². The van der Waals surface area contributed by atoms with Crippen LogP contribution in [0.3, 0.4) is 0 Å². The Kier molecular flexibility index (Phi) is 4.66. The molecular weight excluding hydrogens is 260 g/mol. The lowest BCUT2D eigenvalue weighted by molar-refractivity contribution is -0.164. The number of fused-ring (bicyclic) bond motifs is 1. The second-order valence-electron chi connectivity index (χ2n) is 5.84. The van der Waals surface area contributed by atoms with Crippen LogP contribution in [0.25, 0.3) is 10.8 Å². The van der Waals surface area contributed by atoms with Crippen LogP contribution in [-0.2, 0) is 15.1 Å². The Balaban J connectivity index is 2.45. The van der Waals surface area contributed by atoms with E-state index in [1.807, 2.05) is 39.0 Å². The van der Waals surface area contributed by atoms with E-state index >= 15 is 0 Å². The topological polar surface area (TPSA) is 26.3 Å². The predicted molar refractivity (Wildman–Crippen MR) is 87.1 cm³/mol. The highest BCUT2D eigenvalue weighted by molar-refractivity contribution is 5.86. The number of carbonyl (C=O) groups excluding carboxylic acids is 1. The minimum absolute atomic E-state index is 0.0640. The van der Waals surface area contributed by atoms with Crippen LogP contribution >= 0.6 is 0 Å². The molecule has 2 atom stereocenters. The van der Waals surface area contributed by atoms with Crippen LogP contribution in [0, 0.1) is 5.92 Å². The first-order chi connectivity index (χ1) is 10.0. The second-order valence-corrected chi connectivity index (χ2v) is 5.84. The van der Waals surface area contributed by atoms with E-state index in [9.17, 15) is 4.79 Å². The monoisotopic (exact) mass is 284 g/mol. The smallest absolute Gasteiger partial charge is 0.309 e. The van der Waals surface area contributed by atoms with Gasteiger partial charge in [0.1, 0.15) is 5.60 Å². The Morgan fingerprint density at radius 1 is 1.14 bits per heavy atom. The lowest BCUT2D eigenvalue weighted by Gasteiger charge is -2.31. The van der Waals surface area contributed by atoms with Crippen LogP contribution in [0.2, 0.25) is 0 Å². The van der Waals surface area contributed by atoms with E-state index in [0.717, 1.165) is 23.8 Å². The zero-order valence-electron chi connectivity index (χ0n) is 13.3. The van der Waals surface area contributed by atoms with Crippen molar-refractivity contribution in [3.05, 3.63) is 48.0 Å². The number of ether oxygens (including phenoxy) is 1. The molecule has 0 aliphatic rings. The van der Waals surface area contributed by atoms with Crippen LogP contribution in [0.15, 0.2) is 42.5 Å². The fourth-order valence-electron chi connectivity index (χ4n) is 2.49. The molecule has 2 nitrogen and oxygen atoms in total. The first-order valence-electron chi connectivity index (χ1n) is 7.73. The summed E-state index contributed by atoms with van der Waals surface area (Å²) in [6.07, 6.45) is 1.55. The molecule has 0 N–H and O–H groups in total. The number of rotatable bonds is 5. The molecule has 2 aromatic carbocycles. The van der Waals surface area contributed by atoms with Crippen molar-refractivity contribution in [2.75, 3.05) is 0 Å². The van der Waals surface area contributed by atoms with Gasteiger partial charge < -0.3 is 4.74 Å². The maximum Gasteiger partial charge on any atom is 0.309 e. The Morgan fingerprint density at radius 3 is 2.48 bits per heavy atom. The summed E-state index contributed by atoms with van der Waals surface area (Å²) in [5.74, 6) is -0.180. The third-order valence-corrected chi connectivity index (χ3v) is 4.37. The summed E-state index contributed by atoms with van der Waals surface area (Å²) in [4.78, 5) is 12.2. The quantitative estimate of drug-likeness (QED) is 0.718. The molecule has 2 rings (SSSR count). The minimum atomic E-state index is -0.582. The predicted octanol–water partition coefficient (Wildman–Crippen LogP) is 5.05. The highest BCUT2D eigenvalue weighted by Gasteiger charge is 2.31. The van der Waals surface area contributed by atoms with Gasteiger partial charge in [0.15, 0.2) is 0 Å². The lowest BCUT2D eigenvalue weighted by Crippen LogP contribution is -2.31. The van der Waals surface area contributed by atoms with Crippen molar-refractivity contribution < 1.29 is 9.53 Å². The third-order valence-electron chi connectivity index (χ3n) is 4.37. The highest BCUT2D eigenvalue weighted by Crippen LogP contribution is 2.35. The maximum atomic E-state index is 12.2. The minimum Gasteiger partial charge on any atom is -0.454 e. The molecular formula is C19H24O2. The summed E-state index contributed by atoms with van der Waals surface area (Å²) in [6.45, 7) is 8.00. The summed E-state index contributed by atoms with van der Waals surface area (Å²) in [7, 11) is 0. The van der Waals surface area contributed by atoms with Crippen LogP contribution in [0.1, 0.15) is 46.1 Å². The van der Waals surface area contributed by atoms with Crippen molar-refractivity contribution in [1.29, 1.82) is 0 Å². The van der Waals surface area contributed by atoms with E-state index in [0.29, 0.717) is 0 Å². The van der Waals surface area contributed by atoms with Crippen LogP contribution in [0.4, 0.5) is 0 Å². The summed E-state index contributed by atoms with van der Waals surface area (Å²) >= 11 is 0. The number of benzene rings is 2. The first kappa shape index (κ1) is 15.6. The number of carbonyl (C=O) groups is 1. The summed E-state index contributed by atoms with van der Waals surface area (Å²) in [6, 6.07) is 14.4. The van der Waals surface area contributed by atoms with Crippen molar-refractivity contribution in [2.24, 2.45) is 5.92 Å². The molecule has 0 fully saturated rings. The van der Waals surface area contributed by atoms with E-state index in [1.165, 1.54) is 5.39 Å². The fourth-order valence-corrected chi connectivity index (χ4v) is 2.49. The molecule has 0 saturated heterocycles. The maximum absolute atomic E-state index is 12.2. The van der Waals surface area contributed by atoms with Gasteiger partial charge in [-0.25, -0.2) is 0 Å². The van der Waals surface area contributed by atoms with Gasteiger partial charge in [-0.2, -0.15) is 0 Å². The summed E-state index contributed by atoms with van der Waals surface area (Å²) in [5, 5.41) is 2.33. The van der Waals surface area contributed by atoms with Gasteiger partial charge in [0.2, 0.25) is 0 Å². The van der Waals surface area contributed by atoms with Gasteiger partial charge in [0, 0.05) is 5.56 Å². The lowest BCUT2D eigenvalue weighted by atomic mass is 9.88. The molecule has 0 bridgehead atoms. The van der Waals surface area contributed by atoms with Gasteiger partial charge in [-0.15, -0.1) is 0 Å². The molecule has 112 valence electrons. The van der Waals surface area contributed by atoms with Gasteiger partial charge in [-0.3, -0.25) is 4.79 Å². The summed E-state index contributed by atoms with van der Waals surface area (Å²) < 4.78 is 5.90. The third kappa shape index (κ3) is 3.10. The molecule has 0 heterocycles. The van der Waals surface area contributed by atoms with Gasteiger partial charge >= 0.3 is 5.97 Å². The zero-order chi connectivity index (χ0) is 15.5. The molecule has 2 heteroatoms. The highest BCUT2D eigenvalue weighted by atomic mass is 16.6. The van der Waals surface area contributed by atoms with E-state index in [2.05, 4.69) is 31.2 Å².